The standard InChI is InChI=1S/C12H14BrN3/c1-14-6-11-7-15-9-16(11)8-10-4-2-3-5-12(10)13/h2-5,7,9,14H,6,8H2,1H3. The molecule has 0 bridgehead atoms. The van der Waals surface area contributed by atoms with Gasteiger partial charge in [-0.25, -0.2) is 4.98 Å². The molecule has 1 heterocycles. The summed E-state index contributed by atoms with van der Waals surface area (Å²) in [5, 5.41) is 3.14. The molecule has 0 saturated carbocycles. The highest BCUT2D eigenvalue weighted by molar-refractivity contribution is 9.10. The smallest absolute Gasteiger partial charge is 0.0951 e. The first-order valence-corrected chi connectivity index (χ1v) is 5.97. The van der Waals surface area contributed by atoms with Crippen molar-refractivity contribution in [1.29, 1.82) is 0 Å². The van der Waals surface area contributed by atoms with Crippen LogP contribution >= 0.6 is 15.9 Å². The van der Waals surface area contributed by atoms with Crippen molar-refractivity contribution in [2.45, 2.75) is 13.1 Å². The number of nitrogens with zero attached hydrogens (tertiary/aromatic N) is 2. The number of rotatable bonds is 4. The van der Waals surface area contributed by atoms with E-state index in [1.165, 1.54) is 11.3 Å². The fraction of sp³-hybridized carbons (Fsp3) is 0.250. The van der Waals surface area contributed by atoms with Gasteiger partial charge in [0.2, 0.25) is 0 Å². The summed E-state index contributed by atoms with van der Waals surface area (Å²) < 4.78 is 3.29. The van der Waals surface area contributed by atoms with E-state index in [4.69, 9.17) is 0 Å². The van der Waals surface area contributed by atoms with Crippen LogP contribution in [0, 0.1) is 0 Å². The van der Waals surface area contributed by atoms with E-state index in [1.54, 1.807) is 0 Å². The lowest BCUT2D eigenvalue weighted by molar-refractivity contribution is 0.691. The molecule has 1 aromatic carbocycles. The highest BCUT2D eigenvalue weighted by Crippen LogP contribution is 2.17. The highest BCUT2D eigenvalue weighted by Gasteiger charge is 2.03. The van der Waals surface area contributed by atoms with Crippen LogP contribution in [0.1, 0.15) is 11.3 Å². The van der Waals surface area contributed by atoms with Crippen LogP contribution in [0.25, 0.3) is 0 Å². The van der Waals surface area contributed by atoms with Gasteiger partial charge in [0.25, 0.3) is 0 Å². The molecule has 0 atom stereocenters. The summed E-state index contributed by atoms with van der Waals surface area (Å²) >= 11 is 3.56. The number of benzene rings is 1. The quantitative estimate of drug-likeness (QED) is 0.932. The molecule has 0 aliphatic carbocycles. The Hall–Kier alpha value is -1.13. The topological polar surface area (TPSA) is 29.9 Å². The summed E-state index contributed by atoms with van der Waals surface area (Å²) in [6, 6.07) is 8.25. The van der Waals surface area contributed by atoms with Crippen LogP contribution in [0.3, 0.4) is 0 Å². The largest absolute Gasteiger partial charge is 0.329 e. The molecule has 0 fully saturated rings. The van der Waals surface area contributed by atoms with Gasteiger partial charge in [-0.15, -0.1) is 0 Å². The molecule has 0 unspecified atom stereocenters. The van der Waals surface area contributed by atoms with Crippen LogP contribution in [0.4, 0.5) is 0 Å². The normalized spacial score (nSPS) is 10.6. The Bertz CT molecular complexity index is 465. The van der Waals surface area contributed by atoms with Gasteiger partial charge in [-0.1, -0.05) is 34.1 Å². The highest BCUT2D eigenvalue weighted by atomic mass is 79.9. The van der Waals surface area contributed by atoms with Crippen molar-refractivity contribution in [3.05, 3.63) is 52.5 Å². The molecular weight excluding hydrogens is 266 g/mol. The summed E-state index contributed by atoms with van der Waals surface area (Å²) in [5.41, 5.74) is 2.45. The third-order valence-electron chi connectivity index (χ3n) is 2.45. The van der Waals surface area contributed by atoms with Crippen molar-refractivity contribution in [2.75, 3.05) is 7.05 Å². The van der Waals surface area contributed by atoms with Crippen molar-refractivity contribution in [2.24, 2.45) is 0 Å². The van der Waals surface area contributed by atoms with Gasteiger partial charge in [0.15, 0.2) is 0 Å². The third kappa shape index (κ3) is 2.51. The Labute approximate surface area is 104 Å². The zero-order valence-electron chi connectivity index (χ0n) is 9.15. The van der Waals surface area contributed by atoms with Crippen LogP contribution in [0.5, 0.6) is 0 Å². The minimum absolute atomic E-state index is 0.838. The fourth-order valence-electron chi connectivity index (χ4n) is 1.63. The molecule has 0 spiro atoms. The van der Waals surface area contributed by atoms with Crippen LogP contribution in [-0.4, -0.2) is 16.6 Å². The zero-order chi connectivity index (χ0) is 11.4. The van der Waals surface area contributed by atoms with E-state index in [2.05, 4.69) is 49.0 Å². The molecule has 0 amide bonds. The Balaban J connectivity index is 2.20. The van der Waals surface area contributed by atoms with Crippen molar-refractivity contribution in [1.82, 2.24) is 14.9 Å². The second kappa shape index (κ2) is 5.27. The zero-order valence-corrected chi connectivity index (χ0v) is 10.7. The summed E-state index contributed by atoms with van der Waals surface area (Å²) in [6.07, 6.45) is 3.76. The number of aromatic nitrogens is 2. The summed E-state index contributed by atoms with van der Waals surface area (Å²) in [7, 11) is 1.94. The Morgan fingerprint density at radius 2 is 2.19 bits per heavy atom. The van der Waals surface area contributed by atoms with Crippen LogP contribution in [0.15, 0.2) is 41.3 Å². The monoisotopic (exact) mass is 279 g/mol. The summed E-state index contributed by atoms with van der Waals surface area (Å²) in [6.45, 7) is 1.68. The minimum atomic E-state index is 0.838. The summed E-state index contributed by atoms with van der Waals surface area (Å²) in [5.74, 6) is 0. The fourth-order valence-corrected chi connectivity index (χ4v) is 2.04. The SMILES string of the molecule is CNCc1cncn1Cc1ccccc1Br. The lowest BCUT2D eigenvalue weighted by Crippen LogP contribution is -2.11. The molecule has 16 heavy (non-hydrogen) atoms. The molecule has 0 aliphatic rings. The predicted octanol–water partition coefficient (Wildman–Crippen LogP) is 2.41. The van der Waals surface area contributed by atoms with E-state index in [0.29, 0.717) is 0 Å². The van der Waals surface area contributed by atoms with Gasteiger partial charge in [-0.2, -0.15) is 0 Å². The first-order chi connectivity index (χ1) is 7.81. The number of imidazole rings is 1. The second-order valence-electron chi connectivity index (χ2n) is 3.63. The molecule has 1 aromatic heterocycles. The average Bonchev–Trinajstić information content (AvgIpc) is 2.70. The van der Waals surface area contributed by atoms with E-state index in [-0.39, 0.29) is 0 Å². The van der Waals surface area contributed by atoms with Crippen molar-refractivity contribution < 1.29 is 0 Å². The molecule has 1 N–H and O–H groups in total. The number of hydrogen-bond acceptors (Lipinski definition) is 2. The van der Waals surface area contributed by atoms with Gasteiger partial charge in [-0.3, -0.25) is 0 Å². The molecule has 0 saturated heterocycles. The van der Waals surface area contributed by atoms with Crippen LogP contribution in [-0.2, 0) is 13.1 Å². The van der Waals surface area contributed by atoms with Gasteiger partial charge >= 0.3 is 0 Å². The molecule has 0 aliphatic heterocycles. The number of nitrogens with one attached hydrogen (secondary N) is 1. The average molecular weight is 280 g/mol. The first kappa shape index (κ1) is 11.4. The number of halogens is 1. The molecule has 84 valence electrons. The lowest BCUT2D eigenvalue weighted by Gasteiger charge is -2.09. The van der Waals surface area contributed by atoms with E-state index >= 15 is 0 Å². The predicted molar refractivity (Wildman–Crippen MR) is 68.2 cm³/mol. The van der Waals surface area contributed by atoms with Gasteiger partial charge in [0.1, 0.15) is 0 Å². The third-order valence-corrected chi connectivity index (χ3v) is 3.23. The van der Waals surface area contributed by atoms with Crippen molar-refractivity contribution in [3.63, 3.8) is 0 Å². The Kier molecular flexibility index (Phi) is 3.74. The number of hydrogen-bond donors (Lipinski definition) is 1. The van der Waals surface area contributed by atoms with Crippen molar-refractivity contribution in [3.8, 4) is 0 Å². The maximum atomic E-state index is 4.17. The molecule has 3 nitrogen and oxygen atoms in total. The van der Waals surface area contributed by atoms with Crippen LogP contribution < -0.4 is 5.32 Å². The lowest BCUT2D eigenvalue weighted by atomic mass is 10.2. The molecule has 0 radical (unpaired) electrons. The molecular formula is C12H14BrN3. The van der Waals surface area contributed by atoms with Crippen molar-refractivity contribution >= 4 is 15.9 Å². The molecule has 2 rings (SSSR count). The Morgan fingerprint density at radius 1 is 1.38 bits per heavy atom. The minimum Gasteiger partial charge on any atom is -0.329 e. The summed E-state index contributed by atoms with van der Waals surface area (Å²) in [4.78, 5) is 4.17. The molecule has 2 aromatic rings. The van der Waals surface area contributed by atoms with E-state index < -0.39 is 0 Å². The van der Waals surface area contributed by atoms with Gasteiger partial charge in [0.05, 0.1) is 12.0 Å². The van der Waals surface area contributed by atoms with Gasteiger partial charge < -0.3 is 9.88 Å². The van der Waals surface area contributed by atoms with Gasteiger partial charge in [0, 0.05) is 23.8 Å². The van der Waals surface area contributed by atoms with E-state index in [9.17, 15) is 0 Å². The van der Waals surface area contributed by atoms with E-state index in [0.717, 1.165) is 17.6 Å². The maximum Gasteiger partial charge on any atom is 0.0951 e. The van der Waals surface area contributed by atoms with Gasteiger partial charge in [-0.05, 0) is 18.7 Å². The Morgan fingerprint density at radius 3 is 2.94 bits per heavy atom. The maximum absolute atomic E-state index is 4.17. The van der Waals surface area contributed by atoms with E-state index in [1.807, 2.05) is 25.6 Å². The first-order valence-electron chi connectivity index (χ1n) is 5.18. The van der Waals surface area contributed by atoms with Crippen LogP contribution in [0.2, 0.25) is 0 Å². The molecule has 4 heteroatoms. The second-order valence-corrected chi connectivity index (χ2v) is 4.49.